The highest BCUT2D eigenvalue weighted by Crippen LogP contribution is 2.24. The van der Waals surface area contributed by atoms with Crippen molar-refractivity contribution in [2.75, 3.05) is 6.61 Å². The predicted molar refractivity (Wildman–Crippen MR) is 76.6 cm³/mol. The van der Waals surface area contributed by atoms with Crippen molar-refractivity contribution in [1.82, 2.24) is 9.55 Å². The number of aromatic nitrogens is 2. The van der Waals surface area contributed by atoms with Gasteiger partial charge in [-0.15, -0.1) is 0 Å². The first-order valence-electron chi connectivity index (χ1n) is 5.97. The van der Waals surface area contributed by atoms with Crippen LogP contribution >= 0.6 is 15.9 Å². The number of carbonyl (C=O) groups excluding carboxylic acids is 1. The Morgan fingerprint density at radius 1 is 1.47 bits per heavy atom. The van der Waals surface area contributed by atoms with Crippen LogP contribution in [0.3, 0.4) is 0 Å². The molecular formula is C14H15BrN2O2. The standard InChI is InChI=1S/C14H15BrN2O2/c1-10(18)12-4-3-11(15)9-13(12)19-8-5-14-16-6-7-17(14)2/h3-4,6-7,9H,5,8H2,1-2H3. The lowest BCUT2D eigenvalue weighted by molar-refractivity contribution is 0.101. The minimum absolute atomic E-state index is 0.000471. The van der Waals surface area contributed by atoms with Crippen LogP contribution in [0, 0.1) is 0 Å². The van der Waals surface area contributed by atoms with Crippen LogP contribution in [0.4, 0.5) is 0 Å². The van der Waals surface area contributed by atoms with E-state index in [2.05, 4.69) is 20.9 Å². The molecule has 0 radical (unpaired) electrons. The Bertz CT molecular complexity index is 593. The second kappa shape index (κ2) is 6.02. The molecule has 2 rings (SSSR count). The van der Waals surface area contributed by atoms with Crippen molar-refractivity contribution in [3.8, 4) is 5.75 Å². The summed E-state index contributed by atoms with van der Waals surface area (Å²) >= 11 is 3.38. The third kappa shape index (κ3) is 3.44. The number of rotatable bonds is 5. The number of benzene rings is 1. The summed E-state index contributed by atoms with van der Waals surface area (Å²) in [5.74, 6) is 1.56. The highest BCUT2D eigenvalue weighted by Gasteiger charge is 2.09. The Morgan fingerprint density at radius 3 is 2.89 bits per heavy atom. The summed E-state index contributed by atoms with van der Waals surface area (Å²) in [6.45, 7) is 2.02. The van der Waals surface area contributed by atoms with E-state index in [-0.39, 0.29) is 5.78 Å². The van der Waals surface area contributed by atoms with Crippen LogP contribution in [0.25, 0.3) is 0 Å². The van der Waals surface area contributed by atoms with Crippen LogP contribution in [0.2, 0.25) is 0 Å². The van der Waals surface area contributed by atoms with Crippen molar-refractivity contribution in [3.05, 3.63) is 46.5 Å². The maximum Gasteiger partial charge on any atom is 0.163 e. The van der Waals surface area contributed by atoms with E-state index in [4.69, 9.17) is 4.74 Å². The van der Waals surface area contributed by atoms with Gasteiger partial charge in [-0.2, -0.15) is 0 Å². The van der Waals surface area contributed by atoms with Crippen LogP contribution < -0.4 is 4.74 Å². The number of ketones is 1. The fraction of sp³-hybridized carbons (Fsp3) is 0.286. The molecule has 0 atom stereocenters. The van der Waals surface area contributed by atoms with Gasteiger partial charge in [0, 0.05) is 30.3 Å². The van der Waals surface area contributed by atoms with Gasteiger partial charge in [0.2, 0.25) is 0 Å². The highest BCUT2D eigenvalue weighted by atomic mass is 79.9. The number of nitrogens with zero attached hydrogens (tertiary/aromatic N) is 2. The van der Waals surface area contributed by atoms with Gasteiger partial charge < -0.3 is 9.30 Å². The molecule has 4 nitrogen and oxygen atoms in total. The van der Waals surface area contributed by atoms with Crippen molar-refractivity contribution in [2.45, 2.75) is 13.3 Å². The van der Waals surface area contributed by atoms with Crippen LogP contribution in [0.15, 0.2) is 35.1 Å². The van der Waals surface area contributed by atoms with Gasteiger partial charge in [-0.05, 0) is 25.1 Å². The number of ether oxygens (including phenoxy) is 1. The summed E-state index contributed by atoms with van der Waals surface area (Å²) < 4.78 is 8.55. The van der Waals surface area contributed by atoms with Crippen molar-refractivity contribution in [1.29, 1.82) is 0 Å². The van der Waals surface area contributed by atoms with Gasteiger partial charge in [0.25, 0.3) is 0 Å². The van der Waals surface area contributed by atoms with Crippen LogP contribution in [-0.2, 0) is 13.5 Å². The zero-order valence-electron chi connectivity index (χ0n) is 10.9. The molecule has 2 aromatic rings. The Labute approximate surface area is 120 Å². The lowest BCUT2D eigenvalue weighted by atomic mass is 10.1. The van der Waals surface area contributed by atoms with E-state index in [1.54, 1.807) is 12.3 Å². The molecule has 0 unspecified atom stereocenters. The molecule has 0 saturated carbocycles. The number of aryl methyl sites for hydroxylation is 1. The van der Waals surface area contributed by atoms with E-state index in [9.17, 15) is 4.79 Å². The van der Waals surface area contributed by atoms with Crippen molar-refractivity contribution in [2.24, 2.45) is 7.05 Å². The number of carbonyl (C=O) groups is 1. The molecule has 1 aromatic heterocycles. The highest BCUT2D eigenvalue weighted by molar-refractivity contribution is 9.10. The Balaban J connectivity index is 2.05. The maximum absolute atomic E-state index is 11.5. The van der Waals surface area contributed by atoms with Gasteiger partial charge in [0.1, 0.15) is 11.6 Å². The van der Waals surface area contributed by atoms with Gasteiger partial charge in [-0.25, -0.2) is 4.98 Å². The number of imidazole rings is 1. The molecule has 0 aliphatic heterocycles. The number of Topliss-reactive ketones (excluding diaryl/α,β-unsaturated/α-hetero) is 1. The smallest absolute Gasteiger partial charge is 0.163 e. The third-order valence-corrected chi connectivity index (χ3v) is 3.32. The Kier molecular flexibility index (Phi) is 4.37. The summed E-state index contributed by atoms with van der Waals surface area (Å²) in [6.07, 6.45) is 4.36. The first kappa shape index (κ1) is 13.8. The molecule has 0 aliphatic rings. The van der Waals surface area contributed by atoms with E-state index in [0.717, 1.165) is 10.3 Å². The lowest BCUT2D eigenvalue weighted by Gasteiger charge is -2.10. The molecule has 5 heteroatoms. The molecule has 0 saturated heterocycles. The molecule has 100 valence electrons. The van der Waals surface area contributed by atoms with Crippen LogP contribution in [-0.4, -0.2) is 21.9 Å². The maximum atomic E-state index is 11.5. The summed E-state index contributed by atoms with van der Waals surface area (Å²) in [7, 11) is 1.95. The second-order valence-electron chi connectivity index (χ2n) is 4.25. The van der Waals surface area contributed by atoms with Gasteiger partial charge in [-0.1, -0.05) is 15.9 Å². The zero-order chi connectivity index (χ0) is 13.8. The summed E-state index contributed by atoms with van der Waals surface area (Å²) in [5.41, 5.74) is 0.600. The van der Waals surface area contributed by atoms with Crippen LogP contribution in [0.5, 0.6) is 5.75 Å². The normalized spacial score (nSPS) is 10.5. The minimum atomic E-state index is -0.000471. The molecule has 1 aromatic carbocycles. The topological polar surface area (TPSA) is 44.1 Å². The van der Waals surface area contributed by atoms with Gasteiger partial charge in [0.05, 0.1) is 12.2 Å². The van der Waals surface area contributed by atoms with Crippen molar-refractivity contribution in [3.63, 3.8) is 0 Å². The lowest BCUT2D eigenvalue weighted by Crippen LogP contribution is -2.08. The largest absolute Gasteiger partial charge is 0.492 e. The predicted octanol–water partition coefficient (Wildman–Crippen LogP) is 3.01. The van der Waals surface area contributed by atoms with Crippen molar-refractivity contribution < 1.29 is 9.53 Å². The average Bonchev–Trinajstić information content (AvgIpc) is 2.75. The fourth-order valence-corrected chi connectivity index (χ4v) is 2.14. The van der Waals surface area contributed by atoms with Gasteiger partial charge in [-0.3, -0.25) is 4.79 Å². The van der Waals surface area contributed by atoms with E-state index >= 15 is 0 Å². The zero-order valence-corrected chi connectivity index (χ0v) is 12.5. The monoisotopic (exact) mass is 322 g/mol. The van der Waals surface area contributed by atoms with E-state index in [1.165, 1.54) is 6.92 Å². The molecule has 1 heterocycles. The molecule has 0 aliphatic carbocycles. The van der Waals surface area contributed by atoms with E-state index in [1.807, 2.05) is 29.9 Å². The van der Waals surface area contributed by atoms with E-state index < -0.39 is 0 Å². The molecule has 0 bridgehead atoms. The summed E-state index contributed by atoms with van der Waals surface area (Å²) in [4.78, 5) is 15.7. The molecule has 0 fully saturated rings. The molecule has 0 spiro atoms. The van der Waals surface area contributed by atoms with Crippen molar-refractivity contribution >= 4 is 21.7 Å². The quantitative estimate of drug-likeness (QED) is 0.795. The molecule has 0 amide bonds. The molecular weight excluding hydrogens is 308 g/mol. The minimum Gasteiger partial charge on any atom is -0.492 e. The molecule has 0 N–H and O–H groups in total. The second-order valence-corrected chi connectivity index (χ2v) is 5.17. The summed E-state index contributed by atoms with van der Waals surface area (Å²) in [5, 5.41) is 0. The first-order chi connectivity index (χ1) is 9.08. The summed E-state index contributed by atoms with van der Waals surface area (Å²) in [6, 6.07) is 5.42. The molecule has 19 heavy (non-hydrogen) atoms. The number of hydrogen-bond acceptors (Lipinski definition) is 3. The Morgan fingerprint density at radius 2 is 2.26 bits per heavy atom. The van der Waals surface area contributed by atoms with Gasteiger partial charge >= 0.3 is 0 Å². The average molecular weight is 323 g/mol. The SMILES string of the molecule is CC(=O)c1ccc(Br)cc1OCCc1nccn1C. The van der Waals surface area contributed by atoms with E-state index in [0.29, 0.717) is 24.3 Å². The Hall–Kier alpha value is -1.62. The third-order valence-electron chi connectivity index (χ3n) is 2.83. The van der Waals surface area contributed by atoms with Crippen LogP contribution in [0.1, 0.15) is 23.1 Å². The number of halogens is 1. The first-order valence-corrected chi connectivity index (χ1v) is 6.76. The number of hydrogen-bond donors (Lipinski definition) is 0. The van der Waals surface area contributed by atoms with Gasteiger partial charge in [0.15, 0.2) is 5.78 Å². The fourth-order valence-electron chi connectivity index (χ4n) is 1.80.